The van der Waals surface area contributed by atoms with Gasteiger partial charge in [0.1, 0.15) is 5.69 Å². The van der Waals surface area contributed by atoms with Gasteiger partial charge in [-0.2, -0.15) is 0 Å². The Labute approximate surface area is 124 Å². The van der Waals surface area contributed by atoms with Crippen LogP contribution in [0.25, 0.3) is 10.9 Å². The zero-order valence-electron chi connectivity index (χ0n) is 12.3. The van der Waals surface area contributed by atoms with Gasteiger partial charge >= 0.3 is 0 Å². The number of hydrogen-bond donors (Lipinski definition) is 2. The Kier molecular flexibility index (Phi) is 3.78. The highest BCUT2D eigenvalue weighted by Gasteiger charge is 2.23. The molecule has 3 rings (SSSR count). The SMILES string of the molecule is CC(NC(=O)c1cc(N)c2ccccc2n1)C1CCCC1. The van der Waals surface area contributed by atoms with Crippen molar-refractivity contribution in [2.24, 2.45) is 5.92 Å². The van der Waals surface area contributed by atoms with Crippen LogP contribution < -0.4 is 11.1 Å². The molecule has 1 fully saturated rings. The minimum absolute atomic E-state index is 0.133. The molecule has 0 bridgehead atoms. The van der Waals surface area contributed by atoms with Gasteiger partial charge < -0.3 is 11.1 Å². The Bertz CT molecular complexity index is 662. The number of benzene rings is 1. The fourth-order valence-corrected chi connectivity index (χ4v) is 3.17. The molecular weight excluding hydrogens is 262 g/mol. The number of rotatable bonds is 3. The van der Waals surface area contributed by atoms with Gasteiger partial charge in [0.05, 0.1) is 5.52 Å². The molecule has 1 amide bonds. The largest absolute Gasteiger partial charge is 0.398 e. The highest BCUT2D eigenvalue weighted by Crippen LogP contribution is 2.27. The maximum absolute atomic E-state index is 12.4. The summed E-state index contributed by atoms with van der Waals surface area (Å²) in [6.07, 6.45) is 4.95. The number of carbonyl (C=O) groups excluding carboxylic acids is 1. The summed E-state index contributed by atoms with van der Waals surface area (Å²) in [6, 6.07) is 9.47. The molecule has 4 nitrogen and oxygen atoms in total. The van der Waals surface area contributed by atoms with Gasteiger partial charge in [0.2, 0.25) is 0 Å². The first-order chi connectivity index (χ1) is 10.1. The first-order valence-corrected chi connectivity index (χ1v) is 7.61. The van der Waals surface area contributed by atoms with Gasteiger partial charge in [-0.25, -0.2) is 4.98 Å². The van der Waals surface area contributed by atoms with Crippen molar-refractivity contribution in [1.82, 2.24) is 10.3 Å². The van der Waals surface area contributed by atoms with Crippen molar-refractivity contribution >= 4 is 22.5 Å². The fraction of sp³-hybridized carbons (Fsp3) is 0.412. The van der Waals surface area contributed by atoms with Crippen molar-refractivity contribution in [2.75, 3.05) is 5.73 Å². The van der Waals surface area contributed by atoms with E-state index in [1.54, 1.807) is 6.07 Å². The number of hydrogen-bond acceptors (Lipinski definition) is 3. The van der Waals surface area contributed by atoms with Gasteiger partial charge in [-0.05, 0) is 37.8 Å². The summed E-state index contributed by atoms with van der Waals surface area (Å²) in [5.41, 5.74) is 7.78. The van der Waals surface area contributed by atoms with E-state index in [1.165, 1.54) is 25.7 Å². The Morgan fingerprint density at radius 2 is 2.05 bits per heavy atom. The normalized spacial score (nSPS) is 17.0. The van der Waals surface area contributed by atoms with Crippen molar-refractivity contribution in [3.63, 3.8) is 0 Å². The average molecular weight is 283 g/mol. The van der Waals surface area contributed by atoms with Gasteiger partial charge in [0, 0.05) is 17.1 Å². The smallest absolute Gasteiger partial charge is 0.270 e. The van der Waals surface area contributed by atoms with Crippen molar-refractivity contribution in [2.45, 2.75) is 38.6 Å². The van der Waals surface area contributed by atoms with E-state index in [-0.39, 0.29) is 11.9 Å². The molecule has 1 aromatic heterocycles. The molecule has 3 N–H and O–H groups in total. The standard InChI is InChI=1S/C17H21N3O/c1-11(12-6-2-3-7-12)19-17(21)16-10-14(18)13-8-4-5-9-15(13)20-16/h4-5,8-12H,2-3,6-7H2,1H3,(H2,18,20)(H,19,21). The van der Waals surface area contributed by atoms with E-state index in [0.717, 1.165) is 10.9 Å². The summed E-state index contributed by atoms with van der Waals surface area (Å²) in [7, 11) is 0. The summed E-state index contributed by atoms with van der Waals surface area (Å²) < 4.78 is 0. The van der Waals surface area contributed by atoms with E-state index in [4.69, 9.17) is 5.73 Å². The zero-order valence-corrected chi connectivity index (χ0v) is 12.3. The molecule has 21 heavy (non-hydrogen) atoms. The van der Waals surface area contributed by atoms with Gasteiger partial charge in [0.15, 0.2) is 0 Å². The topological polar surface area (TPSA) is 68.0 Å². The van der Waals surface area contributed by atoms with Crippen molar-refractivity contribution in [1.29, 1.82) is 0 Å². The number of pyridine rings is 1. The van der Waals surface area contributed by atoms with E-state index in [2.05, 4.69) is 17.2 Å². The minimum atomic E-state index is -0.133. The number of amides is 1. The van der Waals surface area contributed by atoms with Crippen LogP contribution in [0.2, 0.25) is 0 Å². The van der Waals surface area contributed by atoms with Gasteiger partial charge in [0.25, 0.3) is 5.91 Å². The molecule has 1 atom stereocenters. The third-order valence-corrected chi connectivity index (χ3v) is 4.45. The number of nitrogen functional groups attached to an aromatic ring is 1. The monoisotopic (exact) mass is 283 g/mol. The lowest BCUT2D eigenvalue weighted by Gasteiger charge is -2.20. The van der Waals surface area contributed by atoms with Gasteiger partial charge in [-0.15, -0.1) is 0 Å². The Morgan fingerprint density at radius 3 is 2.81 bits per heavy atom. The van der Waals surface area contributed by atoms with Crippen molar-refractivity contribution in [3.05, 3.63) is 36.0 Å². The molecule has 0 aliphatic heterocycles. The van der Waals surface area contributed by atoms with Gasteiger partial charge in [-0.1, -0.05) is 31.0 Å². The molecule has 1 heterocycles. The van der Waals surface area contributed by atoms with E-state index >= 15 is 0 Å². The summed E-state index contributed by atoms with van der Waals surface area (Å²) in [6.45, 7) is 2.08. The molecule has 1 aliphatic carbocycles. The molecule has 2 aromatic rings. The second-order valence-corrected chi connectivity index (χ2v) is 5.92. The van der Waals surface area contributed by atoms with E-state index in [0.29, 0.717) is 17.3 Å². The van der Waals surface area contributed by atoms with Crippen LogP contribution in [-0.4, -0.2) is 16.9 Å². The highest BCUT2D eigenvalue weighted by atomic mass is 16.1. The number of para-hydroxylation sites is 1. The Hall–Kier alpha value is -2.10. The lowest BCUT2D eigenvalue weighted by molar-refractivity contribution is 0.0922. The van der Waals surface area contributed by atoms with Crippen LogP contribution in [0.3, 0.4) is 0 Å². The molecule has 1 saturated carbocycles. The van der Waals surface area contributed by atoms with Gasteiger partial charge in [-0.3, -0.25) is 4.79 Å². The molecule has 1 aromatic carbocycles. The molecule has 0 spiro atoms. The molecule has 1 unspecified atom stereocenters. The summed E-state index contributed by atoms with van der Waals surface area (Å²) >= 11 is 0. The summed E-state index contributed by atoms with van der Waals surface area (Å²) in [4.78, 5) is 16.8. The Morgan fingerprint density at radius 1 is 1.33 bits per heavy atom. The first kappa shape index (κ1) is 13.9. The molecule has 0 radical (unpaired) electrons. The highest BCUT2D eigenvalue weighted by molar-refractivity contribution is 5.99. The number of aromatic nitrogens is 1. The zero-order chi connectivity index (χ0) is 14.8. The number of nitrogens with one attached hydrogen (secondary N) is 1. The van der Waals surface area contributed by atoms with E-state index in [1.807, 2.05) is 24.3 Å². The van der Waals surface area contributed by atoms with Crippen molar-refractivity contribution < 1.29 is 4.79 Å². The van der Waals surface area contributed by atoms with Crippen LogP contribution in [0.4, 0.5) is 5.69 Å². The summed E-state index contributed by atoms with van der Waals surface area (Å²) in [5.74, 6) is 0.457. The van der Waals surface area contributed by atoms with Crippen LogP contribution >= 0.6 is 0 Å². The van der Waals surface area contributed by atoms with E-state index < -0.39 is 0 Å². The lowest BCUT2D eigenvalue weighted by atomic mass is 10.00. The Balaban J connectivity index is 1.81. The average Bonchev–Trinajstić information content (AvgIpc) is 3.01. The maximum atomic E-state index is 12.4. The second kappa shape index (κ2) is 5.72. The van der Waals surface area contributed by atoms with Crippen LogP contribution in [0.15, 0.2) is 30.3 Å². The summed E-state index contributed by atoms with van der Waals surface area (Å²) in [5, 5.41) is 3.96. The number of anilines is 1. The quantitative estimate of drug-likeness (QED) is 0.909. The number of nitrogens with zero attached hydrogens (tertiary/aromatic N) is 1. The molecule has 1 aliphatic rings. The molecule has 110 valence electrons. The number of nitrogens with two attached hydrogens (primary N) is 1. The number of fused-ring (bicyclic) bond motifs is 1. The predicted molar refractivity (Wildman–Crippen MR) is 85.0 cm³/mol. The van der Waals surface area contributed by atoms with Crippen LogP contribution in [0, 0.1) is 5.92 Å². The van der Waals surface area contributed by atoms with Crippen molar-refractivity contribution in [3.8, 4) is 0 Å². The first-order valence-electron chi connectivity index (χ1n) is 7.61. The number of carbonyl (C=O) groups is 1. The lowest BCUT2D eigenvalue weighted by Crippen LogP contribution is -2.37. The third kappa shape index (κ3) is 2.84. The fourth-order valence-electron chi connectivity index (χ4n) is 3.17. The third-order valence-electron chi connectivity index (χ3n) is 4.45. The predicted octanol–water partition coefficient (Wildman–Crippen LogP) is 3.13. The molecular formula is C17H21N3O. The van der Waals surface area contributed by atoms with E-state index in [9.17, 15) is 4.79 Å². The minimum Gasteiger partial charge on any atom is -0.398 e. The maximum Gasteiger partial charge on any atom is 0.270 e. The van der Waals surface area contributed by atoms with Crippen LogP contribution in [-0.2, 0) is 0 Å². The van der Waals surface area contributed by atoms with Crippen LogP contribution in [0.5, 0.6) is 0 Å². The molecule has 0 saturated heterocycles. The van der Waals surface area contributed by atoms with Crippen LogP contribution in [0.1, 0.15) is 43.1 Å². The second-order valence-electron chi connectivity index (χ2n) is 5.92. The molecule has 4 heteroatoms.